The molecule has 12 heteroatoms. The summed E-state index contributed by atoms with van der Waals surface area (Å²) in [5, 5.41) is 9.73. The summed E-state index contributed by atoms with van der Waals surface area (Å²) < 4.78 is 34.2. The van der Waals surface area contributed by atoms with Gasteiger partial charge in [0.1, 0.15) is 38.6 Å². The normalized spacial score (nSPS) is 11.4. The summed E-state index contributed by atoms with van der Waals surface area (Å²) in [6, 6.07) is 0. The average Bonchev–Trinajstić information content (AvgIpc) is 3.21. The van der Waals surface area contributed by atoms with Gasteiger partial charge >= 0.3 is 23.9 Å². The Bertz CT molecular complexity index is 834. The first kappa shape index (κ1) is 55.7. The lowest BCUT2D eigenvalue weighted by molar-refractivity contribution is -0.156. The van der Waals surface area contributed by atoms with Crippen molar-refractivity contribution in [1.29, 1.82) is 0 Å². The number of aliphatic hydroxyl groups is 1. The fourth-order valence-corrected chi connectivity index (χ4v) is 6.37. The number of carbonyl (C=O) groups excluding carboxylic acids is 4. The SMILES string of the molecule is CCCCCCCC(=O)OCC(COC(=O)CCCCCCC)OCCCN(CCO)CCCOC(COC(=O)CCCCCCC)COC(=O)CCCCCCC. The van der Waals surface area contributed by atoms with E-state index in [0.717, 1.165) is 128 Å². The van der Waals surface area contributed by atoms with Gasteiger partial charge in [-0.25, -0.2) is 0 Å². The average molecular weight is 830 g/mol. The molecule has 0 aliphatic heterocycles. The van der Waals surface area contributed by atoms with Crippen LogP contribution in [0.25, 0.3) is 0 Å². The van der Waals surface area contributed by atoms with Gasteiger partial charge < -0.3 is 38.4 Å². The Kier molecular flexibility index (Phi) is 41.1. The Morgan fingerprint density at radius 2 is 0.672 bits per heavy atom. The van der Waals surface area contributed by atoms with Crippen LogP contribution < -0.4 is 0 Å². The monoisotopic (exact) mass is 830 g/mol. The molecule has 0 aromatic rings. The summed E-state index contributed by atoms with van der Waals surface area (Å²) in [7, 11) is 0. The van der Waals surface area contributed by atoms with Crippen molar-refractivity contribution >= 4 is 23.9 Å². The third-order valence-corrected chi connectivity index (χ3v) is 10.0. The van der Waals surface area contributed by atoms with Gasteiger partial charge in [0.25, 0.3) is 0 Å². The first-order chi connectivity index (χ1) is 28.3. The van der Waals surface area contributed by atoms with Gasteiger partial charge in [0.05, 0.1) is 6.61 Å². The molecule has 0 spiro atoms. The van der Waals surface area contributed by atoms with Crippen LogP contribution in [-0.4, -0.2) is 112 Å². The fourth-order valence-electron chi connectivity index (χ4n) is 6.37. The number of carbonyl (C=O) groups is 4. The smallest absolute Gasteiger partial charge is 0.305 e. The van der Waals surface area contributed by atoms with Crippen molar-refractivity contribution in [3.8, 4) is 0 Å². The topological polar surface area (TPSA) is 147 Å². The Morgan fingerprint density at radius 3 is 0.931 bits per heavy atom. The summed E-state index contributed by atoms with van der Waals surface area (Å²) in [6.45, 7) is 11.2. The highest BCUT2D eigenvalue weighted by atomic mass is 16.6. The van der Waals surface area contributed by atoms with Gasteiger partial charge in [-0.2, -0.15) is 0 Å². The van der Waals surface area contributed by atoms with Crippen LogP contribution in [0.4, 0.5) is 0 Å². The van der Waals surface area contributed by atoms with E-state index in [2.05, 4.69) is 32.6 Å². The van der Waals surface area contributed by atoms with Crippen LogP contribution in [0.2, 0.25) is 0 Å². The fraction of sp³-hybridized carbons (Fsp3) is 0.913. The first-order valence-electron chi connectivity index (χ1n) is 23.5. The van der Waals surface area contributed by atoms with Crippen LogP contribution in [0.15, 0.2) is 0 Å². The molecule has 342 valence electrons. The number of nitrogens with zero attached hydrogens (tertiary/aromatic N) is 1. The molecule has 0 amide bonds. The highest BCUT2D eigenvalue weighted by Crippen LogP contribution is 2.11. The standard InChI is InChI=1S/C46H87NO11/c1-5-9-13-17-21-27-43(49)55-37-41(38-56-44(50)28-22-18-14-10-6-2)53-35-25-31-47(33-34-48)32-26-36-54-42(39-57-45(51)29-23-19-15-11-7-3)40-58-46(52)30-24-20-16-12-8-4/h41-42,48H,5-40H2,1-4H3. The zero-order valence-corrected chi connectivity index (χ0v) is 37.6. The van der Waals surface area contributed by atoms with E-state index in [1.54, 1.807) is 0 Å². The van der Waals surface area contributed by atoms with E-state index in [4.69, 9.17) is 28.4 Å². The van der Waals surface area contributed by atoms with Crippen LogP contribution in [0.5, 0.6) is 0 Å². The highest BCUT2D eigenvalue weighted by Gasteiger charge is 2.18. The van der Waals surface area contributed by atoms with Crippen molar-refractivity contribution in [1.82, 2.24) is 4.90 Å². The molecular formula is C46H87NO11. The second-order valence-corrected chi connectivity index (χ2v) is 15.6. The summed E-state index contributed by atoms with van der Waals surface area (Å²) >= 11 is 0. The molecule has 0 radical (unpaired) electrons. The molecular weight excluding hydrogens is 743 g/mol. The minimum atomic E-state index is -0.560. The van der Waals surface area contributed by atoms with Gasteiger partial charge in [0, 0.05) is 58.5 Å². The molecule has 0 saturated carbocycles. The molecule has 0 fully saturated rings. The largest absolute Gasteiger partial charge is 0.463 e. The number of hydrogen-bond donors (Lipinski definition) is 1. The zero-order valence-electron chi connectivity index (χ0n) is 37.6. The molecule has 1 N–H and O–H groups in total. The van der Waals surface area contributed by atoms with Crippen molar-refractivity contribution in [3.63, 3.8) is 0 Å². The van der Waals surface area contributed by atoms with Gasteiger partial charge in [-0.1, -0.05) is 130 Å². The molecule has 12 nitrogen and oxygen atoms in total. The minimum Gasteiger partial charge on any atom is -0.463 e. The van der Waals surface area contributed by atoms with E-state index in [9.17, 15) is 24.3 Å². The molecule has 0 saturated heterocycles. The molecule has 0 heterocycles. The number of unbranched alkanes of at least 4 members (excludes halogenated alkanes) is 16. The van der Waals surface area contributed by atoms with E-state index in [-0.39, 0.29) is 56.9 Å². The maximum Gasteiger partial charge on any atom is 0.305 e. The molecule has 0 bridgehead atoms. The summed E-state index contributed by atoms with van der Waals surface area (Å²) in [6.07, 6.45) is 22.5. The molecule has 0 aliphatic rings. The van der Waals surface area contributed by atoms with E-state index in [1.807, 2.05) is 0 Å². The molecule has 0 atom stereocenters. The predicted molar refractivity (Wildman–Crippen MR) is 230 cm³/mol. The minimum absolute atomic E-state index is 0.00144. The third kappa shape index (κ3) is 38.0. The van der Waals surface area contributed by atoms with Crippen molar-refractivity contribution < 1.29 is 52.7 Å². The second-order valence-electron chi connectivity index (χ2n) is 15.6. The summed E-state index contributed by atoms with van der Waals surface area (Å²) in [5.74, 6) is -1.06. The number of rotatable bonds is 44. The van der Waals surface area contributed by atoms with Crippen molar-refractivity contribution in [3.05, 3.63) is 0 Å². The van der Waals surface area contributed by atoms with Crippen molar-refractivity contribution in [2.24, 2.45) is 0 Å². The first-order valence-corrected chi connectivity index (χ1v) is 23.5. The molecule has 0 rings (SSSR count). The second kappa shape index (κ2) is 42.8. The number of aliphatic hydroxyl groups excluding tert-OH is 1. The van der Waals surface area contributed by atoms with Gasteiger partial charge in [-0.05, 0) is 38.5 Å². The number of ether oxygens (including phenoxy) is 6. The Hall–Kier alpha value is -2.28. The number of hydrogen-bond acceptors (Lipinski definition) is 12. The van der Waals surface area contributed by atoms with E-state index in [1.165, 1.54) is 0 Å². The lowest BCUT2D eigenvalue weighted by Crippen LogP contribution is -2.33. The van der Waals surface area contributed by atoms with Gasteiger partial charge in [0.2, 0.25) is 0 Å². The Balaban J connectivity index is 4.95. The van der Waals surface area contributed by atoms with Crippen LogP contribution in [-0.2, 0) is 47.6 Å². The zero-order chi connectivity index (χ0) is 42.7. The third-order valence-electron chi connectivity index (χ3n) is 10.0. The highest BCUT2D eigenvalue weighted by molar-refractivity contribution is 5.70. The van der Waals surface area contributed by atoms with Gasteiger partial charge in [0.15, 0.2) is 0 Å². The summed E-state index contributed by atoms with van der Waals surface area (Å²) in [4.78, 5) is 51.7. The van der Waals surface area contributed by atoms with E-state index < -0.39 is 12.2 Å². The van der Waals surface area contributed by atoms with Crippen molar-refractivity contribution in [2.45, 2.75) is 207 Å². The maximum absolute atomic E-state index is 12.4. The lowest BCUT2D eigenvalue weighted by atomic mass is 10.1. The molecule has 0 aromatic heterocycles. The lowest BCUT2D eigenvalue weighted by Gasteiger charge is -2.23. The Morgan fingerprint density at radius 1 is 0.397 bits per heavy atom. The van der Waals surface area contributed by atoms with E-state index >= 15 is 0 Å². The molecule has 0 aliphatic carbocycles. The quantitative estimate of drug-likeness (QED) is 0.0355. The van der Waals surface area contributed by atoms with Gasteiger partial charge in [-0.15, -0.1) is 0 Å². The van der Waals surface area contributed by atoms with Crippen LogP contribution in [0.1, 0.15) is 195 Å². The van der Waals surface area contributed by atoms with Crippen LogP contribution >= 0.6 is 0 Å². The van der Waals surface area contributed by atoms with Crippen LogP contribution in [0.3, 0.4) is 0 Å². The summed E-state index contributed by atoms with van der Waals surface area (Å²) in [5.41, 5.74) is 0. The molecule has 0 aromatic carbocycles. The maximum atomic E-state index is 12.4. The number of esters is 4. The molecule has 58 heavy (non-hydrogen) atoms. The van der Waals surface area contributed by atoms with Crippen LogP contribution in [0, 0.1) is 0 Å². The van der Waals surface area contributed by atoms with Gasteiger partial charge in [-0.3, -0.25) is 19.2 Å². The predicted octanol–water partition coefficient (Wildman–Crippen LogP) is 9.45. The van der Waals surface area contributed by atoms with Crippen molar-refractivity contribution in [2.75, 3.05) is 65.9 Å². The molecule has 0 unspecified atom stereocenters. The van der Waals surface area contributed by atoms with E-state index in [0.29, 0.717) is 71.4 Å². The Labute approximate surface area is 353 Å².